The summed E-state index contributed by atoms with van der Waals surface area (Å²) < 4.78 is 5.64. The van der Waals surface area contributed by atoms with Gasteiger partial charge in [0.15, 0.2) is 5.70 Å². The Balaban J connectivity index is 1.93. The Morgan fingerprint density at radius 1 is 1.33 bits per heavy atom. The van der Waals surface area contributed by atoms with Crippen LogP contribution in [-0.2, 0) is 4.74 Å². The van der Waals surface area contributed by atoms with Gasteiger partial charge in [-0.15, -0.1) is 0 Å². The number of carbonyl (C=O) groups is 1. The summed E-state index contributed by atoms with van der Waals surface area (Å²) in [6.07, 6.45) is 9.34. The first-order valence-corrected chi connectivity index (χ1v) is 9.00. The zero-order valence-electron chi connectivity index (χ0n) is 15.6. The minimum atomic E-state index is -0.523. The molecule has 1 aliphatic carbocycles. The highest BCUT2D eigenvalue weighted by molar-refractivity contribution is 5.84. The maximum absolute atomic E-state index is 13.0. The number of ether oxygens (including phenoxy) is 1. The molecular formula is C19H30N3O2+. The maximum atomic E-state index is 13.0. The van der Waals surface area contributed by atoms with E-state index in [2.05, 4.69) is 22.6 Å². The Morgan fingerprint density at radius 2 is 2.00 bits per heavy atom. The largest absolute Gasteiger partial charge is 0.549 e. The third-order valence-corrected chi connectivity index (χ3v) is 5.25. The Hall–Kier alpha value is -1.46. The van der Waals surface area contributed by atoms with Crippen molar-refractivity contribution in [2.24, 2.45) is 10.5 Å². The highest BCUT2D eigenvalue weighted by atomic mass is 16.6. The van der Waals surface area contributed by atoms with Gasteiger partial charge in [-0.3, -0.25) is 0 Å². The average Bonchev–Trinajstić information content (AvgIpc) is 2.85. The SMILES string of the molecule is CC(C)[N+]1(C(=O)OC(C)(C)C)N=CC2=C1C=CC1(CCNCC1)C2. The molecular weight excluding hydrogens is 302 g/mol. The summed E-state index contributed by atoms with van der Waals surface area (Å²) in [6, 6.07) is -0.00433. The number of nitrogens with zero attached hydrogens (tertiary/aromatic N) is 2. The zero-order chi connectivity index (χ0) is 17.6. The molecule has 1 unspecified atom stereocenters. The molecule has 5 heteroatoms. The number of hydrogen-bond donors (Lipinski definition) is 1. The Kier molecular flexibility index (Phi) is 4.21. The van der Waals surface area contributed by atoms with Crippen LogP contribution < -0.4 is 5.32 Å². The van der Waals surface area contributed by atoms with Gasteiger partial charge < -0.3 is 10.1 Å². The average molecular weight is 332 g/mol. The van der Waals surface area contributed by atoms with Crippen LogP contribution in [0.5, 0.6) is 0 Å². The third kappa shape index (κ3) is 2.84. The number of amides is 1. The molecule has 0 saturated carbocycles. The van der Waals surface area contributed by atoms with Crippen LogP contribution >= 0.6 is 0 Å². The molecule has 132 valence electrons. The molecule has 0 bridgehead atoms. The Morgan fingerprint density at radius 3 is 2.58 bits per heavy atom. The number of allylic oxidation sites excluding steroid dienone is 3. The van der Waals surface area contributed by atoms with E-state index in [0.29, 0.717) is 0 Å². The lowest BCUT2D eigenvalue weighted by molar-refractivity contribution is -0.844. The fourth-order valence-electron chi connectivity index (χ4n) is 3.93. The quantitative estimate of drug-likeness (QED) is 0.744. The van der Waals surface area contributed by atoms with E-state index in [9.17, 15) is 4.79 Å². The summed E-state index contributed by atoms with van der Waals surface area (Å²) in [7, 11) is 0. The van der Waals surface area contributed by atoms with Gasteiger partial charge in [0.25, 0.3) is 0 Å². The predicted octanol–water partition coefficient (Wildman–Crippen LogP) is 3.73. The van der Waals surface area contributed by atoms with Crippen LogP contribution in [0, 0.1) is 5.41 Å². The molecule has 3 aliphatic rings. The number of quaternary nitrogens is 1. The molecule has 1 N–H and O–H groups in total. The van der Waals surface area contributed by atoms with Crippen LogP contribution in [0.25, 0.3) is 0 Å². The second-order valence-electron chi connectivity index (χ2n) is 8.54. The molecule has 1 atom stereocenters. The van der Waals surface area contributed by atoms with Gasteiger partial charge >= 0.3 is 6.09 Å². The molecule has 0 aromatic heterocycles. The minimum Gasteiger partial charge on any atom is -0.412 e. The Bertz CT molecular complexity index is 619. The van der Waals surface area contributed by atoms with E-state index in [1.165, 1.54) is 5.57 Å². The summed E-state index contributed by atoms with van der Waals surface area (Å²) in [5.74, 6) is 0. The minimum absolute atomic E-state index is 0.00433. The van der Waals surface area contributed by atoms with Crippen LogP contribution in [0.1, 0.15) is 53.9 Å². The monoisotopic (exact) mass is 332 g/mol. The summed E-state index contributed by atoms with van der Waals surface area (Å²) in [5.41, 5.74) is 1.88. The first kappa shape index (κ1) is 17.4. The first-order valence-electron chi connectivity index (χ1n) is 9.00. The number of hydrogen-bond acceptors (Lipinski definition) is 4. The summed E-state index contributed by atoms with van der Waals surface area (Å²) >= 11 is 0. The second kappa shape index (κ2) is 5.81. The topological polar surface area (TPSA) is 50.7 Å². The molecule has 24 heavy (non-hydrogen) atoms. The standard InChI is InChI=1S/C19H30N3O2/c1-14(2)22(17(23)24-18(3,4)5)16-6-7-19(8-10-20-11-9-19)12-15(16)13-21-22/h6-7,13-14,20H,8-12H2,1-5H3/q+1. The molecule has 1 fully saturated rings. The van der Waals surface area contributed by atoms with Crippen molar-refractivity contribution in [3.63, 3.8) is 0 Å². The number of nitrogens with one attached hydrogen (secondary N) is 1. The van der Waals surface area contributed by atoms with Crippen molar-refractivity contribution in [2.75, 3.05) is 13.1 Å². The van der Waals surface area contributed by atoms with Crippen LogP contribution in [0.2, 0.25) is 0 Å². The number of piperidine rings is 1. The smallest absolute Gasteiger partial charge is 0.412 e. The van der Waals surface area contributed by atoms with Crippen molar-refractivity contribution in [2.45, 2.75) is 65.5 Å². The van der Waals surface area contributed by atoms with Crippen LogP contribution in [0.15, 0.2) is 28.5 Å². The number of rotatable bonds is 1. The fourth-order valence-corrected chi connectivity index (χ4v) is 3.93. The molecule has 1 amide bonds. The second-order valence-corrected chi connectivity index (χ2v) is 8.54. The normalized spacial score (nSPS) is 28.6. The molecule has 1 spiro atoms. The van der Waals surface area contributed by atoms with Gasteiger partial charge in [0.2, 0.25) is 0 Å². The van der Waals surface area contributed by atoms with Gasteiger partial charge in [-0.2, -0.15) is 4.79 Å². The molecule has 0 aromatic carbocycles. The molecule has 3 rings (SSSR count). The van der Waals surface area contributed by atoms with E-state index in [1.807, 2.05) is 40.8 Å². The summed E-state index contributed by atoms with van der Waals surface area (Å²) in [6.45, 7) is 11.9. The highest BCUT2D eigenvalue weighted by Gasteiger charge is 2.53. The van der Waals surface area contributed by atoms with Gasteiger partial charge in [-0.1, -0.05) is 15.8 Å². The Labute approximate surface area is 145 Å². The van der Waals surface area contributed by atoms with Crippen molar-refractivity contribution in [1.82, 2.24) is 5.32 Å². The van der Waals surface area contributed by atoms with Crippen molar-refractivity contribution in [3.8, 4) is 0 Å². The van der Waals surface area contributed by atoms with Gasteiger partial charge in [0.1, 0.15) is 11.6 Å². The summed E-state index contributed by atoms with van der Waals surface area (Å²) in [5, 5.41) is 8.10. The van der Waals surface area contributed by atoms with E-state index >= 15 is 0 Å². The van der Waals surface area contributed by atoms with E-state index in [-0.39, 0.29) is 22.1 Å². The van der Waals surface area contributed by atoms with Crippen LogP contribution in [-0.4, -0.2) is 41.6 Å². The van der Waals surface area contributed by atoms with Crippen molar-refractivity contribution in [1.29, 1.82) is 0 Å². The lowest BCUT2D eigenvalue weighted by Gasteiger charge is -2.38. The molecule has 1 saturated heterocycles. The first-order chi connectivity index (χ1) is 11.2. The number of carbonyl (C=O) groups excluding carboxylic acids is 1. The van der Waals surface area contributed by atoms with Crippen molar-refractivity contribution in [3.05, 3.63) is 23.4 Å². The van der Waals surface area contributed by atoms with Crippen LogP contribution in [0.4, 0.5) is 4.79 Å². The van der Waals surface area contributed by atoms with Crippen molar-refractivity contribution >= 4 is 12.3 Å². The van der Waals surface area contributed by atoms with E-state index in [4.69, 9.17) is 4.74 Å². The predicted molar refractivity (Wildman–Crippen MR) is 95.4 cm³/mol. The maximum Gasteiger partial charge on any atom is 0.549 e. The van der Waals surface area contributed by atoms with Gasteiger partial charge in [-0.05, 0) is 78.5 Å². The fraction of sp³-hybridized carbons (Fsp3) is 0.684. The zero-order valence-corrected chi connectivity index (χ0v) is 15.6. The van der Waals surface area contributed by atoms with Crippen molar-refractivity contribution < 1.29 is 14.1 Å². The van der Waals surface area contributed by atoms with Gasteiger partial charge in [-0.25, -0.2) is 0 Å². The van der Waals surface area contributed by atoms with Gasteiger partial charge in [0.05, 0.1) is 6.21 Å². The van der Waals surface area contributed by atoms with E-state index in [0.717, 1.165) is 38.0 Å². The molecule has 0 radical (unpaired) electrons. The lowest BCUT2D eigenvalue weighted by Crippen LogP contribution is -2.53. The molecule has 0 aromatic rings. The van der Waals surface area contributed by atoms with Crippen LogP contribution in [0.3, 0.4) is 0 Å². The molecule has 5 nitrogen and oxygen atoms in total. The van der Waals surface area contributed by atoms with Gasteiger partial charge in [0, 0.05) is 5.57 Å². The van der Waals surface area contributed by atoms with E-state index in [1.54, 1.807) is 0 Å². The highest BCUT2D eigenvalue weighted by Crippen LogP contribution is 2.46. The lowest BCUT2D eigenvalue weighted by atomic mass is 9.71. The summed E-state index contributed by atoms with van der Waals surface area (Å²) in [4.78, 5) is 13.0. The molecule has 2 aliphatic heterocycles. The third-order valence-electron chi connectivity index (χ3n) is 5.25. The molecule has 2 heterocycles. The van der Waals surface area contributed by atoms with E-state index < -0.39 is 5.60 Å².